The van der Waals surface area contributed by atoms with Gasteiger partial charge in [0.25, 0.3) is 0 Å². The van der Waals surface area contributed by atoms with Crippen molar-refractivity contribution in [3.05, 3.63) is 63.1 Å². The summed E-state index contributed by atoms with van der Waals surface area (Å²) < 4.78 is 42.1. The molecule has 0 spiro atoms. The summed E-state index contributed by atoms with van der Waals surface area (Å²) in [6.45, 7) is 0.0615. The Morgan fingerprint density at radius 3 is 2.57 bits per heavy atom. The Kier molecular flexibility index (Phi) is 3.51. The van der Waals surface area contributed by atoms with Crippen LogP contribution in [-0.2, 0) is 6.54 Å². The zero-order chi connectivity index (χ0) is 15.1. The normalized spacial score (nSPS) is 11.2. The molecule has 1 N–H and O–H groups in total. The zero-order valence-corrected chi connectivity index (χ0v) is 12.0. The van der Waals surface area contributed by atoms with Gasteiger partial charge in [-0.25, -0.2) is 13.2 Å². The lowest BCUT2D eigenvalue weighted by atomic mass is 10.2. The summed E-state index contributed by atoms with van der Waals surface area (Å²) in [4.78, 5) is 2.88. The molecule has 0 aliphatic heterocycles. The van der Waals surface area contributed by atoms with Crippen LogP contribution >= 0.6 is 23.8 Å². The van der Waals surface area contributed by atoms with Crippen molar-refractivity contribution in [2.24, 2.45) is 0 Å². The molecule has 0 aliphatic rings. The SMILES string of the molecule is Fc1ccc(Cn2c(=S)[nH]c3cc(Cl)c(F)cc32)c(F)c1. The number of benzene rings is 2. The summed E-state index contributed by atoms with van der Waals surface area (Å²) in [6.07, 6.45) is 0. The molecule has 0 aliphatic carbocycles. The van der Waals surface area contributed by atoms with Crippen LogP contribution in [0.4, 0.5) is 13.2 Å². The molecule has 1 aromatic heterocycles. The molecule has 0 amide bonds. The lowest BCUT2D eigenvalue weighted by Gasteiger charge is -2.06. The van der Waals surface area contributed by atoms with Crippen LogP contribution in [0.3, 0.4) is 0 Å². The van der Waals surface area contributed by atoms with Crippen LogP contribution in [0.1, 0.15) is 5.56 Å². The first-order chi connectivity index (χ1) is 9.95. The second-order valence-corrected chi connectivity index (χ2v) is 5.33. The van der Waals surface area contributed by atoms with Crippen molar-refractivity contribution in [2.45, 2.75) is 6.54 Å². The number of aromatic nitrogens is 2. The molecule has 108 valence electrons. The average molecular weight is 329 g/mol. The van der Waals surface area contributed by atoms with E-state index in [0.29, 0.717) is 15.8 Å². The number of nitrogens with one attached hydrogen (secondary N) is 1. The number of rotatable bonds is 2. The van der Waals surface area contributed by atoms with Gasteiger partial charge in [0.2, 0.25) is 0 Å². The fourth-order valence-electron chi connectivity index (χ4n) is 2.13. The number of aromatic amines is 1. The first-order valence-corrected chi connectivity index (χ1v) is 6.76. The van der Waals surface area contributed by atoms with Crippen molar-refractivity contribution in [1.29, 1.82) is 0 Å². The lowest BCUT2D eigenvalue weighted by molar-refractivity contribution is 0.567. The highest BCUT2D eigenvalue weighted by Gasteiger charge is 2.11. The summed E-state index contributed by atoms with van der Waals surface area (Å²) in [5, 5.41) is -0.0288. The van der Waals surface area contributed by atoms with E-state index in [2.05, 4.69) is 4.98 Å². The molecule has 0 radical (unpaired) electrons. The Hall–Kier alpha value is -1.79. The number of fused-ring (bicyclic) bond motifs is 1. The fourth-order valence-corrected chi connectivity index (χ4v) is 2.57. The lowest BCUT2D eigenvalue weighted by Crippen LogP contribution is -2.02. The summed E-state index contributed by atoms with van der Waals surface area (Å²) in [5.41, 5.74) is 1.27. The number of hydrogen-bond donors (Lipinski definition) is 1. The number of hydrogen-bond acceptors (Lipinski definition) is 1. The van der Waals surface area contributed by atoms with E-state index in [4.69, 9.17) is 23.8 Å². The average Bonchev–Trinajstić information content (AvgIpc) is 2.69. The van der Waals surface area contributed by atoms with Crippen LogP contribution < -0.4 is 0 Å². The van der Waals surface area contributed by atoms with Gasteiger partial charge in [0.1, 0.15) is 17.5 Å². The maximum Gasteiger partial charge on any atom is 0.178 e. The third-order valence-corrected chi connectivity index (χ3v) is 3.77. The molecule has 21 heavy (non-hydrogen) atoms. The maximum atomic E-state index is 13.7. The van der Waals surface area contributed by atoms with Gasteiger partial charge in [-0.2, -0.15) is 0 Å². The molecular weight excluding hydrogens is 321 g/mol. The Morgan fingerprint density at radius 1 is 1.10 bits per heavy atom. The van der Waals surface area contributed by atoms with E-state index in [9.17, 15) is 13.2 Å². The maximum absolute atomic E-state index is 13.7. The highest BCUT2D eigenvalue weighted by molar-refractivity contribution is 7.71. The Morgan fingerprint density at radius 2 is 1.86 bits per heavy atom. The molecule has 0 saturated carbocycles. The van der Waals surface area contributed by atoms with Gasteiger partial charge >= 0.3 is 0 Å². The molecule has 0 saturated heterocycles. The van der Waals surface area contributed by atoms with Crippen molar-refractivity contribution in [2.75, 3.05) is 0 Å². The van der Waals surface area contributed by atoms with Crippen LogP contribution in [0.25, 0.3) is 11.0 Å². The van der Waals surface area contributed by atoms with Crippen molar-refractivity contribution < 1.29 is 13.2 Å². The largest absolute Gasteiger partial charge is 0.331 e. The summed E-state index contributed by atoms with van der Waals surface area (Å²) in [5.74, 6) is -1.93. The quantitative estimate of drug-likeness (QED) is 0.669. The Bertz CT molecular complexity index is 901. The Labute approximate surface area is 127 Å². The minimum Gasteiger partial charge on any atom is -0.331 e. The minimum atomic E-state index is -0.680. The first-order valence-electron chi connectivity index (χ1n) is 5.97. The summed E-state index contributed by atoms with van der Waals surface area (Å²) in [7, 11) is 0. The van der Waals surface area contributed by atoms with Crippen molar-refractivity contribution in [3.8, 4) is 0 Å². The molecular formula is C14H8ClF3N2S. The van der Waals surface area contributed by atoms with Crippen LogP contribution in [-0.4, -0.2) is 9.55 Å². The molecule has 3 aromatic rings. The van der Waals surface area contributed by atoms with Crippen molar-refractivity contribution in [1.82, 2.24) is 9.55 Å². The molecule has 7 heteroatoms. The van der Waals surface area contributed by atoms with Crippen LogP contribution in [0.15, 0.2) is 30.3 Å². The summed E-state index contributed by atoms with van der Waals surface area (Å²) >= 11 is 10.9. The molecule has 3 rings (SSSR count). The summed E-state index contributed by atoms with van der Waals surface area (Å²) in [6, 6.07) is 5.93. The Balaban J connectivity index is 2.14. The molecule has 0 fully saturated rings. The van der Waals surface area contributed by atoms with Gasteiger partial charge in [-0.3, -0.25) is 0 Å². The van der Waals surface area contributed by atoms with Crippen molar-refractivity contribution >= 4 is 34.9 Å². The van der Waals surface area contributed by atoms with E-state index in [1.165, 1.54) is 22.8 Å². The molecule has 0 unspecified atom stereocenters. The second kappa shape index (κ2) is 5.20. The first kappa shape index (κ1) is 14.2. The van der Waals surface area contributed by atoms with E-state index >= 15 is 0 Å². The van der Waals surface area contributed by atoms with Crippen molar-refractivity contribution in [3.63, 3.8) is 0 Å². The van der Waals surface area contributed by atoms with E-state index in [1.807, 2.05) is 0 Å². The minimum absolute atomic E-state index is 0.0288. The van der Waals surface area contributed by atoms with Gasteiger partial charge in [-0.05, 0) is 24.4 Å². The second-order valence-electron chi connectivity index (χ2n) is 4.54. The van der Waals surface area contributed by atoms with Gasteiger partial charge in [0.15, 0.2) is 4.77 Å². The smallest absolute Gasteiger partial charge is 0.178 e. The van der Waals surface area contributed by atoms with Gasteiger partial charge in [-0.1, -0.05) is 17.7 Å². The number of H-pyrrole nitrogens is 1. The van der Waals surface area contributed by atoms with Gasteiger partial charge in [-0.15, -0.1) is 0 Å². The molecule has 0 bridgehead atoms. The van der Waals surface area contributed by atoms with Crippen LogP contribution in [0, 0.1) is 22.2 Å². The topological polar surface area (TPSA) is 20.7 Å². The highest BCUT2D eigenvalue weighted by atomic mass is 35.5. The number of halogens is 4. The highest BCUT2D eigenvalue weighted by Crippen LogP contribution is 2.24. The van der Waals surface area contributed by atoms with Crippen LogP contribution in [0.2, 0.25) is 5.02 Å². The predicted octanol–water partition coefficient (Wildman–Crippen LogP) is 4.82. The third kappa shape index (κ3) is 2.56. The van der Waals surface area contributed by atoms with E-state index in [-0.39, 0.29) is 17.1 Å². The van der Waals surface area contributed by atoms with Crippen LogP contribution in [0.5, 0.6) is 0 Å². The van der Waals surface area contributed by atoms with E-state index in [1.54, 1.807) is 0 Å². The van der Waals surface area contributed by atoms with E-state index in [0.717, 1.165) is 12.1 Å². The molecule has 0 atom stereocenters. The number of imidazole rings is 1. The fraction of sp³-hybridized carbons (Fsp3) is 0.0714. The van der Waals surface area contributed by atoms with Gasteiger partial charge in [0, 0.05) is 17.7 Å². The number of nitrogens with zero attached hydrogens (tertiary/aromatic N) is 1. The van der Waals surface area contributed by atoms with E-state index < -0.39 is 17.5 Å². The zero-order valence-electron chi connectivity index (χ0n) is 10.5. The standard InChI is InChI=1S/C14H8ClF3N2S/c15-9-4-12-13(5-11(9)18)20(14(21)19-12)6-7-1-2-8(16)3-10(7)17/h1-5H,6H2,(H,19,21). The molecule has 2 nitrogen and oxygen atoms in total. The monoisotopic (exact) mass is 328 g/mol. The third-order valence-electron chi connectivity index (χ3n) is 3.16. The van der Waals surface area contributed by atoms with Gasteiger partial charge < -0.3 is 9.55 Å². The molecule has 1 heterocycles. The predicted molar refractivity (Wildman–Crippen MR) is 77.6 cm³/mol. The molecule has 2 aromatic carbocycles. The van der Waals surface area contributed by atoms with Gasteiger partial charge in [0.05, 0.1) is 22.6 Å².